The molecule has 0 fully saturated rings. The van der Waals surface area contributed by atoms with E-state index < -0.39 is 23.7 Å². The Morgan fingerprint density at radius 1 is 1.12 bits per heavy atom. The number of nitrogens with zero attached hydrogens (tertiary/aromatic N) is 1. The van der Waals surface area contributed by atoms with Crippen molar-refractivity contribution in [3.05, 3.63) is 94.0 Å². The minimum atomic E-state index is -2.00. The van der Waals surface area contributed by atoms with Crippen molar-refractivity contribution in [2.24, 2.45) is 0 Å². The standard InChI is InChI=1S/C27H22ClNO5/c1-17-4-2-3-5-19(17)15-29-23-10-8-20(28)13-22(23)27(32,26(29)31)14-21(30)9-6-18-7-11-24-25(12-18)34-16-33-24/h2-13,32H,14-16H2,1H3/b9-6-/t27-/m0/s1. The number of rotatable bonds is 6. The Kier molecular flexibility index (Phi) is 5.63. The van der Waals surface area contributed by atoms with Gasteiger partial charge in [0.2, 0.25) is 6.79 Å². The van der Waals surface area contributed by atoms with Crippen LogP contribution in [0.25, 0.3) is 6.08 Å². The summed E-state index contributed by atoms with van der Waals surface area (Å²) in [6.07, 6.45) is 2.58. The number of allylic oxidation sites excluding steroid dienone is 1. The molecular weight excluding hydrogens is 454 g/mol. The van der Waals surface area contributed by atoms with Crippen LogP contribution in [0.1, 0.15) is 28.7 Å². The molecule has 0 radical (unpaired) electrons. The smallest absolute Gasteiger partial charge is 0.264 e. The Hall–Kier alpha value is -3.61. The Morgan fingerprint density at radius 2 is 1.91 bits per heavy atom. The number of carbonyl (C=O) groups excluding carboxylic acids is 2. The van der Waals surface area contributed by atoms with E-state index in [1.165, 1.54) is 11.0 Å². The van der Waals surface area contributed by atoms with Gasteiger partial charge in [-0.15, -0.1) is 0 Å². The third-order valence-electron chi connectivity index (χ3n) is 6.17. The SMILES string of the molecule is Cc1ccccc1CN1C(=O)[C@](O)(CC(=O)/C=C\c2ccc3c(c2)OCO3)c2cc(Cl)ccc21. The topological polar surface area (TPSA) is 76.1 Å². The van der Waals surface area contributed by atoms with Crippen LogP contribution in [0.2, 0.25) is 5.02 Å². The average Bonchev–Trinajstić information content (AvgIpc) is 3.36. The van der Waals surface area contributed by atoms with Crippen molar-refractivity contribution in [3.8, 4) is 11.5 Å². The molecule has 0 saturated heterocycles. The largest absolute Gasteiger partial charge is 0.454 e. The third kappa shape index (κ3) is 3.95. The van der Waals surface area contributed by atoms with E-state index in [2.05, 4.69) is 0 Å². The van der Waals surface area contributed by atoms with E-state index in [4.69, 9.17) is 21.1 Å². The molecule has 1 atom stereocenters. The summed E-state index contributed by atoms with van der Waals surface area (Å²) in [7, 11) is 0. The van der Waals surface area contributed by atoms with Crippen LogP contribution >= 0.6 is 11.6 Å². The predicted molar refractivity (Wildman–Crippen MR) is 129 cm³/mol. The molecule has 0 aliphatic carbocycles. The number of carbonyl (C=O) groups is 2. The van der Waals surface area contributed by atoms with Gasteiger partial charge in [0.25, 0.3) is 5.91 Å². The van der Waals surface area contributed by atoms with Crippen molar-refractivity contribution in [2.45, 2.75) is 25.5 Å². The molecule has 5 rings (SSSR count). The van der Waals surface area contributed by atoms with Gasteiger partial charge in [0.15, 0.2) is 22.9 Å². The second kappa shape index (κ2) is 8.63. The normalized spacial score (nSPS) is 18.6. The molecule has 0 aromatic heterocycles. The number of hydrogen-bond acceptors (Lipinski definition) is 5. The van der Waals surface area contributed by atoms with Crippen LogP contribution in [0.3, 0.4) is 0 Å². The van der Waals surface area contributed by atoms with E-state index >= 15 is 0 Å². The zero-order valence-corrected chi connectivity index (χ0v) is 19.2. The van der Waals surface area contributed by atoms with Crippen LogP contribution in [0.5, 0.6) is 11.5 Å². The second-order valence-corrected chi connectivity index (χ2v) is 8.87. The van der Waals surface area contributed by atoms with Gasteiger partial charge >= 0.3 is 0 Å². The first-order valence-corrected chi connectivity index (χ1v) is 11.2. The number of anilines is 1. The fourth-order valence-corrected chi connectivity index (χ4v) is 4.50. The Labute approximate surface area is 202 Å². The first-order chi connectivity index (χ1) is 16.3. The van der Waals surface area contributed by atoms with E-state index in [9.17, 15) is 14.7 Å². The van der Waals surface area contributed by atoms with Crippen LogP contribution < -0.4 is 14.4 Å². The van der Waals surface area contributed by atoms with Crippen molar-refractivity contribution in [3.63, 3.8) is 0 Å². The van der Waals surface area contributed by atoms with Crippen LogP contribution in [-0.4, -0.2) is 23.6 Å². The fraction of sp³-hybridized carbons (Fsp3) is 0.185. The Bertz CT molecular complexity index is 1330. The molecule has 172 valence electrons. The maximum absolute atomic E-state index is 13.5. The summed E-state index contributed by atoms with van der Waals surface area (Å²) in [6, 6.07) is 18.0. The van der Waals surface area contributed by atoms with E-state index in [1.807, 2.05) is 31.2 Å². The number of fused-ring (bicyclic) bond motifs is 2. The number of ether oxygens (including phenoxy) is 2. The molecule has 2 heterocycles. The number of halogens is 1. The number of benzene rings is 3. The highest BCUT2D eigenvalue weighted by Crippen LogP contribution is 2.44. The van der Waals surface area contributed by atoms with Gasteiger partial charge in [0, 0.05) is 10.6 Å². The number of hydrogen-bond donors (Lipinski definition) is 1. The van der Waals surface area contributed by atoms with Gasteiger partial charge in [-0.05, 0) is 60.0 Å². The molecule has 3 aromatic carbocycles. The highest BCUT2D eigenvalue weighted by Gasteiger charge is 2.50. The van der Waals surface area contributed by atoms with Crippen molar-refractivity contribution < 1.29 is 24.2 Å². The fourth-order valence-electron chi connectivity index (χ4n) is 4.33. The van der Waals surface area contributed by atoms with E-state index in [0.717, 1.165) is 16.7 Å². The average molecular weight is 476 g/mol. The summed E-state index contributed by atoms with van der Waals surface area (Å²) in [5.41, 5.74) is 1.61. The summed E-state index contributed by atoms with van der Waals surface area (Å²) < 4.78 is 10.7. The molecular formula is C27H22ClNO5. The molecule has 1 N–H and O–H groups in total. The molecule has 0 spiro atoms. The monoisotopic (exact) mass is 475 g/mol. The highest BCUT2D eigenvalue weighted by atomic mass is 35.5. The number of ketones is 1. The van der Waals surface area contributed by atoms with Crippen molar-refractivity contribution >= 4 is 35.1 Å². The molecule has 3 aromatic rings. The lowest BCUT2D eigenvalue weighted by molar-refractivity contribution is -0.140. The third-order valence-corrected chi connectivity index (χ3v) is 6.41. The second-order valence-electron chi connectivity index (χ2n) is 8.43. The molecule has 0 unspecified atom stereocenters. The van der Waals surface area contributed by atoms with Gasteiger partial charge < -0.3 is 19.5 Å². The summed E-state index contributed by atoms with van der Waals surface area (Å²) >= 11 is 6.19. The Morgan fingerprint density at radius 3 is 2.74 bits per heavy atom. The Balaban J connectivity index is 1.41. The van der Waals surface area contributed by atoms with Crippen molar-refractivity contribution in [1.29, 1.82) is 0 Å². The number of aliphatic hydroxyl groups is 1. The minimum absolute atomic E-state index is 0.164. The van der Waals surface area contributed by atoms with E-state index in [-0.39, 0.29) is 13.3 Å². The van der Waals surface area contributed by atoms with Crippen LogP contribution in [0, 0.1) is 6.92 Å². The van der Waals surface area contributed by atoms with Gasteiger partial charge in [-0.2, -0.15) is 0 Å². The van der Waals surface area contributed by atoms with Crippen LogP contribution in [0.4, 0.5) is 5.69 Å². The lowest BCUT2D eigenvalue weighted by Crippen LogP contribution is -2.41. The molecule has 2 aliphatic heterocycles. The minimum Gasteiger partial charge on any atom is -0.454 e. The van der Waals surface area contributed by atoms with Gasteiger partial charge in [-0.25, -0.2) is 0 Å². The first kappa shape index (κ1) is 22.2. The maximum Gasteiger partial charge on any atom is 0.264 e. The maximum atomic E-state index is 13.5. The van der Waals surface area contributed by atoms with Crippen molar-refractivity contribution in [2.75, 3.05) is 11.7 Å². The molecule has 7 heteroatoms. The lowest BCUT2D eigenvalue weighted by atomic mass is 9.89. The summed E-state index contributed by atoms with van der Waals surface area (Å²) in [5.74, 6) is 0.321. The first-order valence-electron chi connectivity index (χ1n) is 10.8. The van der Waals surface area contributed by atoms with Gasteiger partial charge in [-0.3, -0.25) is 9.59 Å². The van der Waals surface area contributed by atoms with E-state index in [1.54, 1.807) is 42.5 Å². The molecule has 34 heavy (non-hydrogen) atoms. The highest BCUT2D eigenvalue weighted by molar-refractivity contribution is 6.31. The van der Waals surface area contributed by atoms with Gasteiger partial charge in [0.05, 0.1) is 18.7 Å². The van der Waals surface area contributed by atoms with Crippen molar-refractivity contribution in [1.82, 2.24) is 0 Å². The number of amides is 1. The van der Waals surface area contributed by atoms with Gasteiger partial charge in [-0.1, -0.05) is 48.0 Å². The quantitative estimate of drug-likeness (QED) is 0.519. The molecule has 2 aliphatic rings. The van der Waals surface area contributed by atoms with Gasteiger partial charge in [0.1, 0.15) is 0 Å². The molecule has 6 nitrogen and oxygen atoms in total. The molecule has 1 amide bonds. The zero-order valence-electron chi connectivity index (χ0n) is 18.5. The van der Waals surface area contributed by atoms with E-state index in [0.29, 0.717) is 27.8 Å². The lowest BCUT2D eigenvalue weighted by Gasteiger charge is -2.23. The molecule has 0 saturated carbocycles. The van der Waals surface area contributed by atoms with Crippen LogP contribution in [0.15, 0.2) is 66.7 Å². The summed E-state index contributed by atoms with van der Waals surface area (Å²) in [4.78, 5) is 27.9. The number of aryl methyl sites for hydroxylation is 1. The zero-order chi connectivity index (χ0) is 23.9. The van der Waals surface area contributed by atoms with Crippen LogP contribution in [-0.2, 0) is 21.7 Å². The summed E-state index contributed by atoms with van der Waals surface area (Å²) in [5, 5.41) is 11.9. The molecule has 0 bridgehead atoms. The summed E-state index contributed by atoms with van der Waals surface area (Å²) in [6.45, 7) is 2.41. The predicted octanol–water partition coefficient (Wildman–Crippen LogP) is 4.78.